The number of rotatable bonds is 2. The van der Waals surface area contributed by atoms with E-state index >= 15 is 0 Å². The smallest absolute Gasteiger partial charge is 0.116 e. The number of nitrogens with one attached hydrogen (secondary N) is 1. The van der Waals surface area contributed by atoms with E-state index in [0.717, 1.165) is 17.8 Å². The van der Waals surface area contributed by atoms with E-state index in [1.807, 2.05) is 12.3 Å². The highest BCUT2D eigenvalue weighted by Gasteiger charge is 2.38. The minimum absolute atomic E-state index is 0.0326. The molecule has 0 fully saturated rings. The molecule has 0 spiro atoms. The van der Waals surface area contributed by atoms with Gasteiger partial charge in [0.2, 0.25) is 0 Å². The second kappa shape index (κ2) is 4.75. The van der Waals surface area contributed by atoms with Crippen LogP contribution in [0.4, 0.5) is 0 Å². The van der Waals surface area contributed by atoms with Crippen molar-refractivity contribution in [3.8, 4) is 0 Å². The molecular formula is C16H19NOS. The Labute approximate surface area is 118 Å². The molecule has 2 unspecified atom stereocenters. The van der Waals surface area contributed by atoms with Crippen LogP contribution < -0.4 is 5.32 Å². The molecule has 2 atom stereocenters. The Morgan fingerprint density at radius 2 is 2.11 bits per heavy atom. The zero-order chi connectivity index (χ0) is 13.5. The average Bonchev–Trinajstić information content (AvgIpc) is 2.85. The summed E-state index contributed by atoms with van der Waals surface area (Å²) in [5.41, 5.74) is 2.88. The van der Waals surface area contributed by atoms with E-state index in [-0.39, 0.29) is 6.04 Å². The molecule has 3 rings (SSSR count). The molecule has 0 saturated heterocycles. The van der Waals surface area contributed by atoms with Crippen LogP contribution in [-0.2, 0) is 12.0 Å². The number of aliphatic hydroxyl groups is 1. The van der Waals surface area contributed by atoms with Crippen molar-refractivity contribution < 1.29 is 5.11 Å². The molecule has 1 aliphatic heterocycles. The van der Waals surface area contributed by atoms with E-state index in [1.54, 1.807) is 11.3 Å². The predicted molar refractivity (Wildman–Crippen MR) is 79.5 cm³/mol. The van der Waals surface area contributed by atoms with Crippen molar-refractivity contribution in [1.29, 1.82) is 0 Å². The van der Waals surface area contributed by atoms with Crippen molar-refractivity contribution in [3.63, 3.8) is 0 Å². The van der Waals surface area contributed by atoms with E-state index in [9.17, 15) is 5.11 Å². The van der Waals surface area contributed by atoms with E-state index in [0.29, 0.717) is 0 Å². The fourth-order valence-corrected chi connectivity index (χ4v) is 4.05. The molecule has 100 valence electrons. The number of aryl methyl sites for hydroxylation is 1. The lowest BCUT2D eigenvalue weighted by Gasteiger charge is -2.37. The van der Waals surface area contributed by atoms with Gasteiger partial charge in [-0.15, -0.1) is 11.3 Å². The van der Waals surface area contributed by atoms with Gasteiger partial charge in [0, 0.05) is 4.88 Å². The van der Waals surface area contributed by atoms with Gasteiger partial charge in [-0.1, -0.05) is 24.3 Å². The van der Waals surface area contributed by atoms with E-state index in [2.05, 4.69) is 42.6 Å². The molecule has 3 heteroatoms. The van der Waals surface area contributed by atoms with Crippen LogP contribution in [0.3, 0.4) is 0 Å². The molecule has 2 N–H and O–H groups in total. The Morgan fingerprint density at radius 1 is 1.32 bits per heavy atom. The van der Waals surface area contributed by atoms with Crippen molar-refractivity contribution in [2.24, 2.45) is 0 Å². The van der Waals surface area contributed by atoms with Crippen LogP contribution in [0, 0.1) is 6.92 Å². The molecule has 1 aliphatic rings. The van der Waals surface area contributed by atoms with Gasteiger partial charge in [0.25, 0.3) is 0 Å². The Kier molecular flexibility index (Phi) is 3.21. The topological polar surface area (TPSA) is 32.3 Å². The lowest BCUT2D eigenvalue weighted by atomic mass is 9.82. The Balaban J connectivity index is 2.06. The molecule has 2 nitrogen and oxygen atoms in total. The van der Waals surface area contributed by atoms with Gasteiger partial charge in [-0.3, -0.25) is 0 Å². The first-order valence-electron chi connectivity index (χ1n) is 6.69. The van der Waals surface area contributed by atoms with Crippen molar-refractivity contribution in [2.45, 2.75) is 31.9 Å². The second-order valence-electron chi connectivity index (χ2n) is 5.42. The quantitative estimate of drug-likeness (QED) is 0.881. The lowest BCUT2D eigenvalue weighted by Crippen LogP contribution is -2.43. The summed E-state index contributed by atoms with van der Waals surface area (Å²) in [4.78, 5) is 1.06. The summed E-state index contributed by atoms with van der Waals surface area (Å²) in [6.07, 6.45) is 1.03. The molecular weight excluding hydrogens is 254 g/mol. The molecule has 2 heterocycles. The monoisotopic (exact) mass is 273 g/mol. The summed E-state index contributed by atoms with van der Waals surface area (Å²) in [5.74, 6) is 0. The van der Waals surface area contributed by atoms with Gasteiger partial charge in [0.15, 0.2) is 0 Å². The molecule has 0 saturated carbocycles. The number of fused-ring (bicyclic) bond motifs is 1. The van der Waals surface area contributed by atoms with Crippen LogP contribution in [-0.4, -0.2) is 11.7 Å². The van der Waals surface area contributed by atoms with E-state index < -0.39 is 5.60 Å². The number of hydrogen-bond acceptors (Lipinski definition) is 3. The third kappa shape index (κ3) is 2.12. The van der Waals surface area contributed by atoms with Gasteiger partial charge in [-0.2, -0.15) is 0 Å². The fraction of sp³-hybridized carbons (Fsp3) is 0.375. The minimum Gasteiger partial charge on any atom is -0.383 e. The third-order valence-corrected chi connectivity index (χ3v) is 5.24. The van der Waals surface area contributed by atoms with Crippen molar-refractivity contribution in [3.05, 3.63) is 57.3 Å². The standard InChI is InChI=1S/C16H19NOS/c1-11-8-10-19-15(11)16(2,18)14-13-6-4-3-5-12(13)7-9-17-14/h3-6,8,10,14,17-18H,7,9H2,1-2H3. The minimum atomic E-state index is -0.866. The van der Waals surface area contributed by atoms with Crippen LogP contribution >= 0.6 is 11.3 Å². The third-order valence-electron chi connectivity index (χ3n) is 3.99. The molecule has 0 bridgehead atoms. The molecule has 0 aliphatic carbocycles. The number of benzene rings is 1. The van der Waals surface area contributed by atoms with Crippen LogP contribution in [0.25, 0.3) is 0 Å². The van der Waals surface area contributed by atoms with Gasteiger partial charge in [-0.25, -0.2) is 0 Å². The predicted octanol–water partition coefficient (Wildman–Crippen LogP) is 3.15. The summed E-state index contributed by atoms with van der Waals surface area (Å²) in [6.45, 7) is 4.91. The second-order valence-corrected chi connectivity index (χ2v) is 6.33. The molecule has 1 aromatic heterocycles. The van der Waals surface area contributed by atoms with Crippen LogP contribution in [0.2, 0.25) is 0 Å². The zero-order valence-electron chi connectivity index (χ0n) is 11.3. The van der Waals surface area contributed by atoms with Gasteiger partial charge in [0.1, 0.15) is 5.60 Å². The van der Waals surface area contributed by atoms with E-state index in [1.165, 1.54) is 16.7 Å². The maximum Gasteiger partial charge on any atom is 0.116 e. The van der Waals surface area contributed by atoms with Gasteiger partial charge < -0.3 is 10.4 Å². The first-order valence-corrected chi connectivity index (χ1v) is 7.57. The largest absolute Gasteiger partial charge is 0.383 e. The Bertz CT molecular complexity index is 588. The highest BCUT2D eigenvalue weighted by atomic mass is 32.1. The Morgan fingerprint density at radius 3 is 2.84 bits per heavy atom. The molecule has 2 aromatic rings. The summed E-state index contributed by atoms with van der Waals surface area (Å²) < 4.78 is 0. The average molecular weight is 273 g/mol. The highest BCUT2D eigenvalue weighted by molar-refractivity contribution is 7.10. The summed E-state index contributed by atoms with van der Waals surface area (Å²) >= 11 is 1.63. The van der Waals surface area contributed by atoms with Gasteiger partial charge in [-0.05, 0) is 54.9 Å². The summed E-state index contributed by atoms with van der Waals surface area (Å²) in [7, 11) is 0. The Hall–Kier alpha value is -1.16. The van der Waals surface area contributed by atoms with Crippen LogP contribution in [0.5, 0.6) is 0 Å². The highest BCUT2D eigenvalue weighted by Crippen LogP contribution is 2.41. The van der Waals surface area contributed by atoms with Crippen molar-refractivity contribution >= 4 is 11.3 Å². The maximum absolute atomic E-state index is 11.1. The fourth-order valence-electron chi connectivity index (χ4n) is 3.03. The maximum atomic E-state index is 11.1. The zero-order valence-corrected chi connectivity index (χ0v) is 12.1. The molecule has 1 aromatic carbocycles. The molecule has 19 heavy (non-hydrogen) atoms. The number of hydrogen-bond donors (Lipinski definition) is 2. The molecule has 0 radical (unpaired) electrons. The SMILES string of the molecule is Cc1ccsc1C(C)(O)C1NCCc2ccccc21. The summed E-state index contributed by atoms with van der Waals surface area (Å²) in [5, 5.41) is 16.6. The van der Waals surface area contributed by atoms with E-state index in [4.69, 9.17) is 0 Å². The number of thiophene rings is 1. The van der Waals surface area contributed by atoms with Crippen molar-refractivity contribution in [1.82, 2.24) is 5.32 Å². The van der Waals surface area contributed by atoms with Crippen molar-refractivity contribution in [2.75, 3.05) is 6.54 Å². The summed E-state index contributed by atoms with van der Waals surface area (Å²) in [6, 6.07) is 10.5. The first-order chi connectivity index (χ1) is 9.10. The first kappa shape index (κ1) is 12.9. The molecule has 0 amide bonds. The van der Waals surface area contributed by atoms with Crippen LogP contribution in [0.1, 0.15) is 34.5 Å². The van der Waals surface area contributed by atoms with Crippen LogP contribution in [0.15, 0.2) is 35.7 Å². The van der Waals surface area contributed by atoms with Gasteiger partial charge >= 0.3 is 0 Å². The normalized spacial score (nSPS) is 21.7. The lowest BCUT2D eigenvalue weighted by molar-refractivity contribution is 0.0148. The van der Waals surface area contributed by atoms with Gasteiger partial charge in [0.05, 0.1) is 6.04 Å².